The summed E-state index contributed by atoms with van der Waals surface area (Å²) in [6.07, 6.45) is 0. The van der Waals surface area contributed by atoms with Crippen LogP contribution in [0.15, 0.2) is 17.1 Å². The number of guanidine groups is 1. The SMILES string of the molecule is CCNC(=NCc1cc(Cl)cc(Cl)c1OC(F)F)NCCO.I. The molecule has 1 aromatic carbocycles. The second kappa shape index (κ2) is 11.9. The second-order valence-electron chi connectivity index (χ2n) is 4.10. The van der Waals surface area contributed by atoms with Crippen molar-refractivity contribution in [1.29, 1.82) is 0 Å². The maximum Gasteiger partial charge on any atom is 0.387 e. The van der Waals surface area contributed by atoms with Crippen molar-refractivity contribution in [2.45, 2.75) is 20.1 Å². The number of aliphatic hydroxyl groups is 1. The van der Waals surface area contributed by atoms with Crippen molar-refractivity contribution in [2.75, 3.05) is 19.7 Å². The fourth-order valence-electron chi connectivity index (χ4n) is 1.63. The number of benzene rings is 1. The molecular weight excluding hydrogens is 466 g/mol. The van der Waals surface area contributed by atoms with Crippen LogP contribution < -0.4 is 15.4 Å². The van der Waals surface area contributed by atoms with Gasteiger partial charge >= 0.3 is 6.61 Å². The first kappa shape index (κ1) is 22.4. The number of nitrogens with zero attached hydrogens (tertiary/aromatic N) is 1. The summed E-state index contributed by atoms with van der Waals surface area (Å²) < 4.78 is 29.4. The third-order valence-electron chi connectivity index (χ3n) is 2.45. The van der Waals surface area contributed by atoms with Gasteiger partial charge < -0.3 is 20.5 Å². The Hall–Kier alpha value is -0.580. The summed E-state index contributed by atoms with van der Waals surface area (Å²) in [7, 11) is 0. The van der Waals surface area contributed by atoms with Crippen molar-refractivity contribution in [3.8, 4) is 5.75 Å². The molecule has 132 valence electrons. The highest BCUT2D eigenvalue weighted by atomic mass is 127. The molecule has 0 spiro atoms. The summed E-state index contributed by atoms with van der Waals surface area (Å²) in [6, 6.07) is 2.79. The van der Waals surface area contributed by atoms with Crippen LogP contribution in [0.5, 0.6) is 5.75 Å². The summed E-state index contributed by atoms with van der Waals surface area (Å²) in [5.74, 6) is 0.276. The number of rotatable bonds is 7. The molecule has 0 aliphatic rings. The zero-order valence-corrected chi connectivity index (χ0v) is 16.1. The van der Waals surface area contributed by atoms with E-state index in [-0.39, 0.29) is 47.9 Å². The van der Waals surface area contributed by atoms with Crippen LogP contribution in [0.4, 0.5) is 8.78 Å². The Morgan fingerprint density at radius 3 is 2.61 bits per heavy atom. The molecule has 3 N–H and O–H groups in total. The summed E-state index contributed by atoms with van der Waals surface area (Å²) >= 11 is 11.8. The third kappa shape index (κ3) is 8.18. The smallest absolute Gasteiger partial charge is 0.387 e. The Balaban J connectivity index is 0.00000484. The van der Waals surface area contributed by atoms with Crippen molar-refractivity contribution in [3.63, 3.8) is 0 Å². The molecule has 1 rings (SSSR count). The Kier molecular flexibility index (Phi) is 11.6. The van der Waals surface area contributed by atoms with Gasteiger partial charge in [0.15, 0.2) is 5.96 Å². The Morgan fingerprint density at radius 2 is 2.04 bits per heavy atom. The average molecular weight is 484 g/mol. The van der Waals surface area contributed by atoms with Crippen LogP contribution in [0.3, 0.4) is 0 Å². The van der Waals surface area contributed by atoms with E-state index in [4.69, 9.17) is 28.3 Å². The Labute approximate surface area is 160 Å². The molecule has 0 saturated carbocycles. The minimum atomic E-state index is -3.00. The molecule has 1 aromatic rings. The molecule has 0 atom stereocenters. The van der Waals surface area contributed by atoms with Gasteiger partial charge in [0.2, 0.25) is 0 Å². The highest BCUT2D eigenvalue weighted by Gasteiger charge is 2.15. The maximum absolute atomic E-state index is 12.5. The number of aliphatic imine (C=N–C) groups is 1. The minimum absolute atomic E-state index is 0. The third-order valence-corrected chi connectivity index (χ3v) is 2.95. The van der Waals surface area contributed by atoms with E-state index in [0.717, 1.165) is 0 Å². The summed E-state index contributed by atoms with van der Waals surface area (Å²) in [6.45, 7) is -0.244. The minimum Gasteiger partial charge on any atom is -0.433 e. The van der Waals surface area contributed by atoms with Crippen LogP contribution in [0.25, 0.3) is 0 Å². The quantitative estimate of drug-likeness (QED) is 0.316. The zero-order valence-electron chi connectivity index (χ0n) is 12.3. The van der Waals surface area contributed by atoms with E-state index in [0.29, 0.717) is 29.6 Å². The molecular formula is C13H18Cl2F2IN3O2. The van der Waals surface area contributed by atoms with Crippen LogP contribution in [-0.4, -0.2) is 37.4 Å². The largest absolute Gasteiger partial charge is 0.433 e. The van der Waals surface area contributed by atoms with Gasteiger partial charge in [-0.05, 0) is 19.1 Å². The number of halogens is 5. The molecule has 0 aromatic heterocycles. The van der Waals surface area contributed by atoms with E-state index in [9.17, 15) is 8.78 Å². The lowest BCUT2D eigenvalue weighted by atomic mass is 10.2. The van der Waals surface area contributed by atoms with Crippen LogP contribution >= 0.6 is 47.2 Å². The van der Waals surface area contributed by atoms with Crippen molar-refractivity contribution in [1.82, 2.24) is 10.6 Å². The predicted molar refractivity (Wildman–Crippen MR) is 98.4 cm³/mol. The summed E-state index contributed by atoms with van der Waals surface area (Å²) in [5, 5.41) is 14.9. The zero-order chi connectivity index (χ0) is 16.5. The molecule has 0 aliphatic carbocycles. The number of aliphatic hydroxyl groups excluding tert-OH is 1. The van der Waals surface area contributed by atoms with E-state index < -0.39 is 6.61 Å². The van der Waals surface area contributed by atoms with Crippen molar-refractivity contribution >= 4 is 53.1 Å². The van der Waals surface area contributed by atoms with E-state index in [1.165, 1.54) is 12.1 Å². The van der Waals surface area contributed by atoms with Crippen LogP contribution in [0, 0.1) is 0 Å². The molecule has 0 amide bonds. The van der Waals surface area contributed by atoms with Crippen LogP contribution in [-0.2, 0) is 6.54 Å². The topological polar surface area (TPSA) is 65.9 Å². The molecule has 0 aliphatic heterocycles. The first-order chi connectivity index (χ1) is 10.5. The van der Waals surface area contributed by atoms with Crippen LogP contribution in [0.2, 0.25) is 10.0 Å². The molecule has 10 heteroatoms. The van der Waals surface area contributed by atoms with Gasteiger partial charge in [-0.3, -0.25) is 0 Å². The van der Waals surface area contributed by atoms with Crippen molar-refractivity contribution in [3.05, 3.63) is 27.7 Å². The molecule has 0 bridgehead atoms. The van der Waals surface area contributed by atoms with Gasteiger partial charge in [0.05, 0.1) is 18.2 Å². The lowest BCUT2D eigenvalue weighted by molar-refractivity contribution is -0.0503. The highest BCUT2D eigenvalue weighted by Crippen LogP contribution is 2.34. The molecule has 0 heterocycles. The van der Waals surface area contributed by atoms with Gasteiger partial charge in [0.25, 0.3) is 0 Å². The van der Waals surface area contributed by atoms with Gasteiger partial charge in [-0.2, -0.15) is 8.78 Å². The monoisotopic (exact) mass is 483 g/mol. The average Bonchev–Trinajstić information content (AvgIpc) is 2.44. The number of hydrogen-bond acceptors (Lipinski definition) is 3. The van der Waals surface area contributed by atoms with E-state index in [2.05, 4.69) is 20.4 Å². The number of ether oxygens (including phenoxy) is 1. The van der Waals surface area contributed by atoms with Crippen molar-refractivity contribution < 1.29 is 18.6 Å². The second-order valence-corrected chi connectivity index (χ2v) is 4.94. The molecule has 0 fully saturated rings. The number of alkyl halides is 2. The summed E-state index contributed by atoms with van der Waals surface area (Å²) in [4.78, 5) is 4.21. The van der Waals surface area contributed by atoms with E-state index in [1.54, 1.807) is 0 Å². The van der Waals surface area contributed by atoms with Gasteiger partial charge in [0, 0.05) is 23.7 Å². The fourth-order valence-corrected chi connectivity index (χ4v) is 2.21. The maximum atomic E-state index is 12.5. The Morgan fingerprint density at radius 1 is 1.35 bits per heavy atom. The van der Waals surface area contributed by atoms with Gasteiger partial charge in [-0.25, -0.2) is 4.99 Å². The van der Waals surface area contributed by atoms with Gasteiger partial charge in [-0.1, -0.05) is 23.2 Å². The lowest BCUT2D eigenvalue weighted by Crippen LogP contribution is -2.38. The Bertz CT molecular complexity index is 522. The first-order valence-corrected chi connectivity index (χ1v) is 7.29. The molecule has 23 heavy (non-hydrogen) atoms. The normalized spacial score (nSPS) is 11.2. The van der Waals surface area contributed by atoms with Crippen molar-refractivity contribution in [2.24, 2.45) is 4.99 Å². The van der Waals surface area contributed by atoms with Gasteiger partial charge in [0.1, 0.15) is 5.75 Å². The molecule has 0 saturated heterocycles. The van der Waals surface area contributed by atoms with E-state index >= 15 is 0 Å². The standard InChI is InChI=1S/C13H17Cl2F2N3O2.HI/c1-2-18-13(19-3-4-21)20-7-8-5-9(14)6-10(15)11(8)22-12(16)17;/h5-6,12,21H,2-4,7H2,1H3,(H2,18,19,20);1H. The lowest BCUT2D eigenvalue weighted by Gasteiger charge is -2.13. The fraction of sp³-hybridized carbons (Fsp3) is 0.462. The van der Waals surface area contributed by atoms with Gasteiger partial charge in [-0.15, -0.1) is 24.0 Å². The molecule has 0 radical (unpaired) electrons. The number of nitrogens with one attached hydrogen (secondary N) is 2. The van der Waals surface area contributed by atoms with E-state index in [1.807, 2.05) is 6.92 Å². The number of hydrogen-bond donors (Lipinski definition) is 3. The summed E-state index contributed by atoms with van der Waals surface area (Å²) in [5.41, 5.74) is 0.332. The predicted octanol–water partition coefficient (Wildman–Crippen LogP) is 3.26. The molecule has 0 unspecified atom stereocenters. The first-order valence-electron chi connectivity index (χ1n) is 6.53. The molecule has 5 nitrogen and oxygen atoms in total. The highest BCUT2D eigenvalue weighted by molar-refractivity contribution is 14.0. The van der Waals surface area contributed by atoms with Crippen LogP contribution in [0.1, 0.15) is 12.5 Å².